The molecule has 3 N–H and O–H groups in total. The zero-order valence-electron chi connectivity index (χ0n) is 14.0. The molecule has 1 aromatic heterocycles. The third kappa shape index (κ3) is 4.49. The standard InChI is InChI=1S/C20H21N5/c1-15(17-7-8-19-14-22-10-9-18(19)12-17)23-25-24-20(13-21)11-16-5-3-2-4-6-16/h2-10,12,14,20H,1,11,13,21H2,(H,23,24). The van der Waals surface area contributed by atoms with Crippen molar-refractivity contribution < 1.29 is 0 Å². The van der Waals surface area contributed by atoms with Crippen LogP contribution in [-0.2, 0) is 6.42 Å². The Balaban J connectivity index is 1.62. The number of rotatable bonds is 7. The molecule has 0 aliphatic heterocycles. The fraction of sp³-hybridized carbons (Fsp3) is 0.150. The molecule has 3 rings (SSSR count). The smallest absolute Gasteiger partial charge is 0.0891 e. The number of hydrogen-bond acceptors (Lipinski definition) is 4. The van der Waals surface area contributed by atoms with Crippen molar-refractivity contribution in [2.75, 3.05) is 6.54 Å². The molecule has 0 bridgehead atoms. The summed E-state index contributed by atoms with van der Waals surface area (Å²) in [6.45, 7) is 4.47. The van der Waals surface area contributed by atoms with E-state index in [4.69, 9.17) is 5.73 Å². The van der Waals surface area contributed by atoms with Gasteiger partial charge in [0.1, 0.15) is 0 Å². The van der Waals surface area contributed by atoms with Gasteiger partial charge in [-0.05, 0) is 35.1 Å². The molecule has 0 spiro atoms. The van der Waals surface area contributed by atoms with Crippen molar-refractivity contribution in [3.63, 3.8) is 0 Å². The van der Waals surface area contributed by atoms with Gasteiger partial charge < -0.3 is 5.73 Å². The average molecular weight is 331 g/mol. The highest BCUT2D eigenvalue weighted by atomic mass is 15.4. The molecule has 3 aromatic rings. The van der Waals surface area contributed by atoms with Crippen molar-refractivity contribution in [2.24, 2.45) is 16.1 Å². The second-order valence-electron chi connectivity index (χ2n) is 5.82. The van der Waals surface area contributed by atoms with Gasteiger partial charge in [0, 0.05) is 24.3 Å². The van der Waals surface area contributed by atoms with Gasteiger partial charge in [-0.1, -0.05) is 54.3 Å². The number of nitrogens with two attached hydrogens (primary N) is 1. The van der Waals surface area contributed by atoms with Crippen LogP contribution < -0.4 is 11.2 Å². The van der Waals surface area contributed by atoms with Crippen LogP contribution in [0.25, 0.3) is 16.5 Å². The van der Waals surface area contributed by atoms with E-state index in [1.807, 2.05) is 48.7 Å². The van der Waals surface area contributed by atoms with Gasteiger partial charge in [0.15, 0.2) is 0 Å². The van der Waals surface area contributed by atoms with E-state index in [1.54, 1.807) is 6.20 Å². The van der Waals surface area contributed by atoms with E-state index in [2.05, 4.69) is 39.5 Å². The second kappa shape index (κ2) is 8.17. The first kappa shape index (κ1) is 16.8. The van der Waals surface area contributed by atoms with Crippen molar-refractivity contribution in [1.82, 2.24) is 10.4 Å². The highest BCUT2D eigenvalue weighted by Gasteiger charge is 2.06. The van der Waals surface area contributed by atoms with E-state index in [0.717, 1.165) is 22.8 Å². The zero-order chi connectivity index (χ0) is 17.5. The molecule has 1 heterocycles. The minimum Gasteiger partial charge on any atom is -0.328 e. The number of pyridine rings is 1. The summed E-state index contributed by atoms with van der Waals surface area (Å²) in [5, 5.41) is 10.6. The lowest BCUT2D eigenvalue weighted by molar-refractivity contribution is 0.619. The summed E-state index contributed by atoms with van der Waals surface area (Å²) in [4.78, 5) is 4.12. The number of hydrogen-bond donors (Lipinski definition) is 2. The highest BCUT2D eigenvalue weighted by molar-refractivity contribution is 5.84. The topological polar surface area (TPSA) is 75.7 Å². The lowest BCUT2D eigenvalue weighted by atomic mass is 10.1. The van der Waals surface area contributed by atoms with Gasteiger partial charge in [0.25, 0.3) is 0 Å². The molecule has 2 aromatic carbocycles. The molecule has 0 amide bonds. The van der Waals surface area contributed by atoms with Crippen LogP contribution in [-0.4, -0.2) is 17.6 Å². The summed E-state index contributed by atoms with van der Waals surface area (Å²) in [6.07, 6.45) is 4.37. The van der Waals surface area contributed by atoms with Gasteiger partial charge in [-0.2, -0.15) is 5.11 Å². The number of nitrogens with one attached hydrogen (secondary N) is 1. The molecule has 126 valence electrons. The van der Waals surface area contributed by atoms with Crippen LogP contribution in [0.3, 0.4) is 0 Å². The van der Waals surface area contributed by atoms with Crippen molar-refractivity contribution in [2.45, 2.75) is 12.5 Å². The predicted molar refractivity (Wildman–Crippen MR) is 102 cm³/mol. The molecule has 5 heteroatoms. The zero-order valence-corrected chi connectivity index (χ0v) is 14.0. The number of nitrogens with zero attached hydrogens (tertiary/aromatic N) is 3. The Kier molecular flexibility index (Phi) is 5.49. The minimum absolute atomic E-state index is 0.0645. The fourth-order valence-electron chi connectivity index (χ4n) is 2.56. The largest absolute Gasteiger partial charge is 0.328 e. The summed E-state index contributed by atoms with van der Waals surface area (Å²) in [7, 11) is 0. The molecular weight excluding hydrogens is 310 g/mol. The van der Waals surface area contributed by atoms with Gasteiger partial charge in [-0.15, -0.1) is 0 Å². The molecule has 1 atom stereocenters. The maximum Gasteiger partial charge on any atom is 0.0891 e. The van der Waals surface area contributed by atoms with Gasteiger partial charge in [-0.3, -0.25) is 10.4 Å². The number of fused-ring (bicyclic) bond motifs is 1. The molecule has 0 saturated carbocycles. The Hall–Kier alpha value is -3.05. The summed E-state index contributed by atoms with van der Waals surface area (Å²) >= 11 is 0. The molecule has 0 aliphatic rings. The summed E-state index contributed by atoms with van der Waals surface area (Å²) in [6, 6.07) is 18.1. The quantitative estimate of drug-likeness (QED) is 0.511. The first-order chi connectivity index (χ1) is 12.3. The van der Waals surface area contributed by atoms with Crippen molar-refractivity contribution in [3.8, 4) is 0 Å². The Morgan fingerprint density at radius 2 is 1.96 bits per heavy atom. The SMILES string of the molecule is C=C(NN=NC(CN)Cc1ccccc1)c1ccc2cnccc2c1. The van der Waals surface area contributed by atoms with Crippen molar-refractivity contribution in [1.29, 1.82) is 0 Å². The van der Waals surface area contributed by atoms with E-state index in [-0.39, 0.29) is 6.04 Å². The van der Waals surface area contributed by atoms with Crippen LogP contribution in [0.2, 0.25) is 0 Å². The molecule has 0 radical (unpaired) electrons. The van der Waals surface area contributed by atoms with E-state index in [9.17, 15) is 0 Å². The molecule has 5 nitrogen and oxygen atoms in total. The summed E-state index contributed by atoms with van der Waals surface area (Å²) in [5.74, 6) is 0. The summed E-state index contributed by atoms with van der Waals surface area (Å²) < 4.78 is 0. The summed E-state index contributed by atoms with van der Waals surface area (Å²) in [5.41, 5.74) is 11.6. The van der Waals surface area contributed by atoms with Gasteiger partial charge >= 0.3 is 0 Å². The average Bonchev–Trinajstić information content (AvgIpc) is 2.67. The van der Waals surface area contributed by atoms with Crippen LogP contribution in [0.15, 0.2) is 83.9 Å². The van der Waals surface area contributed by atoms with Crippen LogP contribution >= 0.6 is 0 Å². The highest BCUT2D eigenvalue weighted by Crippen LogP contribution is 2.18. The minimum atomic E-state index is -0.0645. The Bertz CT molecular complexity index is 873. The maximum absolute atomic E-state index is 5.80. The maximum atomic E-state index is 5.80. The molecule has 25 heavy (non-hydrogen) atoms. The molecule has 0 saturated heterocycles. The van der Waals surface area contributed by atoms with Gasteiger partial charge in [0.2, 0.25) is 0 Å². The third-order valence-electron chi connectivity index (χ3n) is 3.98. The van der Waals surface area contributed by atoms with E-state index < -0.39 is 0 Å². The van der Waals surface area contributed by atoms with Crippen LogP contribution in [0.1, 0.15) is 11.1 Å². The molecule has 0 fully saturated rings. The number of benzene rings is 2. The monoisotopic (exact) mass is 331 g/mol. The van der Waals surface area contributed by atoms with E-state index in [1.165, 1.54) is 5.56 Å². The van der Waals surface area contributed by atoms with E-state index >= 15 is 0 Å². The van der Waals surface area contributed by atoms with Gasteiger partial charge in [-0.25, -0.2) is 0 Å². The normalized spacial score (nSPS) is 12.4. The molecule has 1 unspecified atom stereocenters. The Labute approximate surface area is 147 Å². The van der Waals surface area contributed by atoms with Crippen molar-refractivity contribution >= 4 is 16.5 Å². The van der Waals surface area contributed by atoms with E-state index in [0.29, 0.717) is 12.2 Å². The third-order valence-corrected chi connectivity index (χ3v) is 3.98. The fourth-order valence-corrected chi connectivity index (χ4v) is 2.56. The first-order valence-electron chi connectivity index (χ1n) is 8.19. The lowest BCUT2D eigenvalue weighted by Crippen LogP contribution is -2.21. The lowest BCUT2D eigenvalue weighted by Gasteiger charge is -2.09. The van der Waals surface area contributed by atoms with Gasteiger partial charge in [0.05, 0.1) is 11.7 Å². The van der Waals surface area contributed by atoms with Crippen LogP contribution in [0.5, 0.6) is 0 Å². The first-order valence-corrected chi connectivity index (χ1v) is 8.19. The van der Waals surface area contributed by atoms with Crippen molar-refractivity contribution in [3.05, 3.63) is 84.7 Å². The molecule has 0 aliphatic carbocycles. The molecular formula is C20H21N5. The Morgan fingerprint density at radius 1 is 1.12 bits per heavy atom. The predicted octanol–water partition coefficient (Wildman–Crippen LogP) is 3.73. The second-order valence-corrected chi connectivity index (χ2v) is 5.82. The van der Waals surface area contributed by atoms with Crippen LogP contribution in [0, 0.1) is 0 Å². The number of aromatic nitrogens is 1. The van der Waals surface area contributed by atoms with Crippen LogP contribution in [0.4, 0.5) is 0 Å². The Morgan fingerprint density at radius 3 is 2.76 bits per heavy atom.